The Hall–Kier alpha value is -4.89. The van der Waals surface area contributed by atoms with E-state index < -0.39 is 0 Å². The highest BCUT2D eigenvalue weighted by Crippen LogP contribution is 2.31. The van der Waals surface area contributed by atoms with Crippen molar-refractivity contribution in [2.45, 2.75) is 44.9 Å². The van der Waals surface area contributed by atoms with Crippen molar-refractivity contribution in [3.05, 3.63) is 119 Å². The van der Waals surface area contributed by atoms with E-state index in [-0.39, 0.29) is 17.1 Å². The molecule has 9 heteroatoms. The number of hydrogen-bond donors (Lipinski definition) is 1. The average Bonchev–Trinajstić information content (AvgIpc) is 3.47. The molecule has 1 aromatic heterocycles. The Balaban J connectivity index is 1.26. The predicted molar refractivity (Wildman–Crippen MR) is 180 cm³/mol. The van der Waals surface area contributed by atoms with Gasteiger partial charge in [-0.1, -0.05) is 105 Å². The molecule has 45 heavy (non-hydrogen) atoms. The molecule has 0 fully saturated rings. The molecule has 1 N–H and O–H groups in total. The number of aryl methyl sites for hydroxylation is 1. The summed E-state index contributed by atoms with van der Waals surface area (Å²) in [5.41, 5.74) is 8.73. The van der Waals surface area contributed by atoms with Crippen LogP contribution < -0.4 is 14.9 Å². The zero-order valence-corrected chi connectivity index (χ0v) is 27.0. The van der Waals surface area contributed by atoms with Crippen molar-refractivity contribution in [2.24, 2.45) is 5.10 Å². The fourth-order valence-electron chi connectivity index (χ4n) is 4.56. The number of carbonyl (C=O) groups is 1. The van der Waals surface area contributed by atoms with Gasteiger partial charge in [0.15, 0.2) is 22.5 Å². The zero-order valence-electron chi connectivity index (χ0n) is 26.2. The third-order valence-corrected chi connectivity index (χ3v) is 8.02. The van der Waals surface area contributed by atoms with Gasteiger partial charge in [-0.25, -0.2) is 5.43 Å². The lowest BCUT2D eigenvalue weighted by atomic mass is 9.87. The van der Waals surface area contributed by atoms with Crippen LogP contribution in [0.5, 0.6) is 11.5 Å². The number of nitrogens with one attached hydrogen (secondary N) is 1. The summed E-state index contributed by atoms with van der Waals surface area (Å²) in [7, 11) is 1.60. The number of ether oxygens (including phenoxy) is 2. The van der Waals surface area contributed by atoms with E-state index in [1.807, 2.05) is 72.2 Å². The van der Waals surface area contributed by atoms with Crippen molar-refractivity contribution in [1.29, 1.82) is 0 Å². The van der Waals surface area contributed by atoms with Gasteiger partial charge in [0.05, 0.1) is 19.1 Å². The molecule has 1 amide bonds. The number of methoxy groups -OCH3 is 1. The Morgan fingerprint density at radius 3 is 2.36 bits per heavy atom. The van der Waals surface area contributed by atoms with Gasteiger partial charge in [0.2, 0.25) is 0 Å². The van der Waals surface area contributed by atoms with Gasteiger partial charge in [-0.05, 0) is 59.4 Å². The van der Waals surface area contributed by atoms with Crippen LogP contribution in [0.1, 0.15) is 43.0 Å². The van der Waals surface area contributed by atoms with Crippen molar-refractivity contribution in [1.82, 2.24) is 20.2 Å². The van der Waals surface area contributed by atoms with E-state index in [9.17, 15) is 4.79 Å². The first-order valence-electron chi connectivity index (χ1n) is 14.6. The molecule has 4 aromatic carbocycles. The van der Waals surface area contributed by atoms with E-state index in [4.69, 9.17) is 9.47 Å². The molecule has 0 bridgehead atoms. The fraction of sp³-hybridized carbons (Fsp3) is 0.222. The van der Waals surface area contributed by atoms with Gasteiger partial charge in [0, 0.05) is 11.3 Å². The summed E-state index contributed by atoms with van der Waals surface area (Å²) in [6.07, 6.45) is 1.57. The van der Waals surface area contributed by atoms with Gasteiger partial charge in [0.25, 0.3) is 5.91 Å². The number of hydrazone groups is 1. The van der Waals surface area contributed by atoms with Crippen molar-refractivity contribution in [2.75, 3.05) is 12.9 Å². The quantitative estimate of drug-likeness (QED) is 0.0943. The van der Waals surface area contributed by atoms with Crippen LogP contribution in [0.25, 0.3) is 17.1 Å². The predicted octanol–water partition coefficient (Wildman–Crippen LogP) is 7.37. The minimum absolute atomic E-state index is 0.0474. The van der Waals surface area contributed by atoms with Crippen LogP contribution in [-0.2, 0) is 16.8 Å². The van der Waals surface area contributed by atoms with E-state index >= 15 is 0 Å². The highest BCUT2D eigenvalue weighted by molar-refractivity contribution is 7.99. The van der Waals surface area contributed by atoms with Gasteiger partial charge >= 0.3 is 0 Å². The molecule has 0 aliphatic carbocycles. The third-order valence-electron chi connectivity index (χ3n) is 7.09. The monoisotopic (exact) mass is 619 g/mol. The van der Waals surface area contributed by atoms with Crippen LogP contribution in [0.15, 0.2) is 107 Å². The molecule has 1 heterocycles. The lowest BCUT2D eigenvalue weighted by Crippen LogP contribution is -2.20. The second-order valence-corrected chi connectivity index (χ2v) is 12.5. The molecule has 5 rings (SSSR count). The Morgan fingerprint density at radius 1 is 0.933 bits per heavy atom. The number of aromatic nitrogens is 3. The van der Waals surface area contributed by atoms with Gasteiger partial charge in [-0.15, -0.1) is 10.2 Å². The van der Waals surface area contributed by atoms with E-state index in [0.29, 0.717) is 29.1 Å². The van der Waals surface area contributed by atoms with Crippen LogP contribution in [0.3, 0.4) is 0 Å². The summed E-state index contributed by atoms with van der Waals surface area (Å²) >= 11 is 1.30. The summed E-state index contributed by atoms with van der Waals surface area (Å²) in [4.78, 5) is 12.8. The number of carbonyl (C=O) groups excluding carboxylic acids is 1. The summed E-state index contributed by atoms with van der Waals surface area (Å²) < 4.78 is 13.4. The SMILES string of the molecule is COc1ccc(/C=N/NC(=O)CSc2nnc(-c3ccc(C(C)(C)C)cc3)n2-c2ccc(C)cc2)cc1OCc1ccccc1. The molecule has 0 atom stereocenters. The van der Waals surface area contributed by atoms with Crippen molar-refractivity contribution in [3.8, 4) is 28.6 Å². The number of hydrogen-bond acceptors (Lipinski definition) is 7. The molecule has 0 saturated heterocycles. The Morgan fingerprint density at radius 2 is 1.67 bits per heavy atom. The molecule has 0 unspecified atom stereocenters. The van der Waals surface area contributed by atoms with Gasteiger partial charge in [-0.2, -0.15) is 5.10 Å². The van der Waals surface area contributed by atoms with Crippen molar-refractivity contribution >= 4 is 23.9 Å². The maximum absolute atomic E-state index is 12.8. The Kier molecular flexibility index (Phi) is 9.99. The lowest BCUT2D eigenvalue weighted by molar-refractivity contribution is -0.118. The van der Waals surface area contributed by atoms with E-state index in [0.717, 1.165) is 27.9 Å². The summed E-state index contributed by atoms with van der Waals surface area (Å²) in [5.74, 6) is 1.76. The second-order valence-electron chi connectivity index (χ2n) is 11.6. The van der Waals surface area contributed by atoms with Crippen LogP contribution in [0.4, 0.5) is 0 Å². The van der Waals surface area contributed by atoms with Crippen molar-refractivity contribution in [3.63, 3.8) is 0 Å². The maximum atomic E-state index is 12.8. The molecule has 0 spiro atoms. The summed E-state index contributed by atoms with van der Waals surface area (Å²) in [5, 5.41) is 13.8. The van der Waals surface area contributed by atoms with Gasteiger partial charge < -0.3 is 9.47 Å². The average molecular weight is 620 g/mol. The maximum Gasteiger partial charge on any atom is 0.250 e. The minimum atomic E-state index is -0.264. The third kappa shape index (κ3) is 8.19. The lowest BCUT2D eigenvalue weighted by Gasteiger charge is -2.19. The molecule has 0 radical (unpaired) electrons. The first kappa shape index (κ1) is 31.5. The van der Waals surface area contributed by atoms with E-state index in [2.05, 4.69) is 77.9 Å². The fourth-order valence-corrected chi connectivity index (χ4v) is 5.30. The molecule has 0 aliphatic heterocycles. The molecule has 5 aromatic rings. The topological polar surface area (TPSA) is 90.6 Å². The molecule has 0 aliphatic rings. The second kappa shape index (κ2) is 14.3. The number of amides is 1. The molecule has 230 valence electrons. The molecular formula is C36H37N5O3S. The minimum Gasteiger partial charge on any atom is -0.493 e. The summed E-state index contributed by atoms with van der Waals surface area (Å²) in [6, 6.07) is 32.0. The van der Waals surface area contributed by atoms with Gasteiger partial charge in [0.1, 0.15) is 6.61 Å². The molecule has 0 saturated carbocycles. The first-order valence-corrected chi connectivity index (χ1v) is 15.6. The first-order chi connectivity index (χ1) is 21.7. The van der Waals surface area contributed by atoms with Crippen molar-refractivity contribution < 1.29 is 14.3 Å². The van der Waals surface area contributed by atoms with Crippen LogP contribution in [-0.4, -0.2) is 39.7 Å². The molecule has 8 nitrogen and oxygen atoms in total. The number of rotatable bonds is 11. The Bertz CT molecular complexity index is 1760. The Labute approximate surface area is 268 Å². The number of thioether (sulfide) groups is 1. The number of nitrogens with zero attached hydrogens (tertiary/aromatic N) is 4. The van der Waals surface area contributed by atoms with E-state index in [1.165, 1.54) is 17.3 Å². The highest BCUT2D eigenvalue weighted by Gasteiger charge is 2.19. The normalized spacial score (nSPS) is 11.5. The zero-order chi connectivity index (χ0) is 31.8. The molecular weight excluding hydrogens is 582 g/mol. The van der Waals surface area contributed by atoms with Gasteiger partial charge in [-0.3, -0.25) is 9.36 Å². The van der Waals surface area contributed by atoms with Crippen LogP contribution >= 0.6 is 11.8 Å². The van der Waals surface area contributed by atoms with Crippen LogP contribution in [0.2, 0.25) is 0 Å². The van der Waals surface area contributed by atoms with Crippen LogP contribution in [0, 0.1) is 6.92 Å². The highest BCUT2D eigenvalue weighted by atomic mass is 32.2. The summed E-state index contributed by atoms with van der Waals surface area (Å²) in [6.45, 7) is 9.03. The van der Waals surface area contributed by atoms with E-state index in [1.54, 1.807) is 13.3 Å². The standard InChI is InChI=1S/C36H37N5O3S/c1-25-11-18-30(19-12-25)41-34(28-14-16-29(17-15-28)36(2,3)4)39-40-35(41)45-24-33(42)38-37-22-27-13-20-31(43-5)32(21-27)44-23-26-9-7-6-8-10-26/h6-22H,23-24H2,1-5H3,(H,38,42)/b37-22+. The smallest absolute Gasteiger partial charge is 0.250 e. The number of benzene rings is 4. The largest absolute Gasteiger partial charge is 0.493 e.